The summed E-state index contributed by atoms with van der Waals surface area (Å²) >= 11 is 5.01. The van der Waals surface area contributed by atoms with Gasteiger partial charge in [-0.3, -0.25) is 9.67 Å². The lowest BCUT2D eigenvalue weighted by molar-refractivity contribution is 0.436. The third-order valence-corrected chi connectivity index (χ3v) is 2.52. The van der Waals surface area contributed by atoms with Crippen LogP contribution in [0.5, 0.6) is 11.8 Å². The number of aryl methyl sites for hydroxylation is 3. The maximum absolute atomic E-state index is 5.69. The van der Waals surface area contributed by atoms with Crippen molar-refractivity contribution in [3.05, 3.63) is 29.3 Å². The molecule has 0 unspecified atom stereocenters. The van der Waals surface area contributed by atoms with Gasteiger partial charge in [-0.25, -0.2) is 0 Å². The SMILES string of the molecule is Cc1cc(Oc2ncn(C)n2)c(C(N)=S)c(C)n1. The van der Waals surface area contributed by atoms with Gasteiger partial charge in [-0.15, -0.1) is 5.10 Å². The van der Waals surface area contributed by atoms with E-state index >= 15 is 0 Å². The second-order valence-electron chi connectivity index (χ2n) is 3.89. The van der Waals surface area contributed by atoms with Crippen LogP contribution in [0.2, 0.25) is 0 Å². The number of nitrogens with two attached hydrogens (primary N) is 1. The normalized spacial score (nSPS) is 10.4. The van der Waals surface area contributed by atoms with Crippen molar-refractivity contribution in [1.29, 1.82) is 0 Å². The Kier molecular flexibility index (Phi) is 3.24. The van der Waals surface area contributed by atoms with E-state index in [9.17, 15) is 0 Å². The first kappa shape index (κ1) is 12.4. The average Bonchev–Trinajstić information content (AvgIpc) is 2.62. The molecule has 94 valence electrons. The molecule has 0 amide bonds. The zero-order valence-corrected chi connectivity index (χ0v) is 11.2. The van der Waals surface area contributed by atoms with Crippen molar-refractivity contribution in [1.82, 2.24) is 19.7 Å². The molecule has 0 atom stereocenters. The fraction of sp³-hybridized carbons (Fsp3) is 0.273. The number of rotatable bonds is 3. The van der Waals surface area contributed by atoms with Crippen LogP contribution >= 0.6 is 12.2 Å². The molecule has 0 saturated carbocycles. The van der Waals surface area contributed by atoms with E-state index in [1.165, 1.54) is 0 Å². The van der Waals surface area contributed by atoms with Crippen molar-refractivity contribution >= 4 is 17.2 Å². The van der Waals surface area contributed by atoms with Crippen LogP contribution in [-0.2, 0) is 7.05 Å². The Morgan fingerprint density at radius 2 is 2.17 bits per heavy atom. The van der Waals surface area contributed by atoms with Crippen LogP contribution in [-0.4, -0.2) is 24.7 Å². The summed E-state index contributed by atoms with van der Waals surface area (Å²) in [6, 6.07) is 2.01. The number of pyridine rings is 1. The second kappa shape index (κ2) is 4.69. The average molecular weight is 263 g/mol. The van der Waals surface area contributed by atoms with E-state index in [4.69, 9.17) is 22.7 Å². The van der Waals surface area contributed by atoms with Gasteiger partial charge in [-0.2, -0.15) is 4.98 Å². The van der Waals surface area contributed by atoms with E-state index in [0.29, 0.717) is 11.3 Å². The molecule has 18 heavy (non-hydrogen) atoms. The van der Waals surface area contributed by atoms with Crippen LogP contribution < -0.4 is 10.5 Å². The van der Waals surface area contributed by atoms with Crippen LogP contribution in [0.15, 0.2) is 12.4 Å². The molecule has 2 rings (SSSR count). The largest absolute Gasteiger partial charge is 0.422 e. The fourth-order valence-corrected chi connectivity index (χ4v) is 1.89. The smallest absolute Gasteiger partial charge is 0.341 e. The minimum atomic E-state index is 0.242. The van der Waals surface area contributed by atoms with Crippen LogP contribution in [0.3, 0.4) is 0 Å². The molecule has 0 saturated heterocycles. The third-order valence-electron chi connectivity index (χ3n) is 2.32. The first-order valence-corrected chi connectivity index (χ1v) is 5.69. The van der Waals surface area contributed by atoms with Crippen molar-refractivity contribution in [2.24, 2.45) is 12.8 Å². The lowest BCUT2D eigenvalue weighted by Gasteiger charge is -2.10. The van der Waals surface area contributed by atoms with Gasteiger partial charge in [0.25, 0.3) is 0 Å². The lowest BCUT2D eigenvalue weighted by Crippen LogP contribution is -2.14. The molecule has 0 aliphatic carbocycles. The molecule has 0 aliphatic rings. The Morgan fingerprint density at radius 3 is 2.72 bits per heavy atom. The van der Waals surface area contributed by atoms with Gasteiger partial charge in [0.2, 0.25) is 0 Å². The van der Waals surface area contributed by atoms with Gasteiger partial charge in [0, 0.05) is 18.8 Å². The first-order chi connectivity index (χ1) is 8.47. The molecule has 2 N–H and O–H groups in total. The Bertz CT molecular complexity index is 607. The van der Waals surface area contributed by atoms with Gasteiger partial charge in [-0.05, 0) is 13.8 Å². The summed E-state index contributed by atoms with van der Waals surface area (Å²) < 4.78 is 7.15. The molecule has 6 nitrogen and oxygen atoms in total. The number of hydrogen-bond donors (Lipinski definition) is 1. The quantitative estimate of drug-likeness (QED) is 0.840. The number of nitrogens with zero attached hydrogens (tertiary/aromatic N) is 4. The van der Waals surface area contributed by atoms with Gasteiger partial charge in [0.15, 0.2) is 0 Å². The highest BCUT2D eigenvalue weighted by molar-refractivity contribution is 7.80. The molecule has 0 aromatic carbocycles. The summed E-state index contributed by atoms with van der Waals surface area (Å²) in [5, 5.41) is 4.04. The molecule has 0 aliphatic heterocycles. The summed E-state index contributed by atoms with van der Waals surface area (Å²) in [7, 11) is 1.76. The predicted molar refractivity (Wildman–Crippen MR) is 70.7 cm³/mol. The molecular formula is C11H13N5OS. The number of aromatic nitrogens is 4. The summed E-state index contributed by atoms with van der Waals surface area (Å²) in [4.78, 5) is 8.55. The highest BCUT2D eigenvalue weighted by Gasteiger charge is 2.14. The summed E-state index contributed by atoms with van der Waals surface area (Å²) in [5.41, 5.74) is 7.85. The topological polar surface area (TPSA) is 78.8 Å². The van der Waals surface area contributed by atoms with Gasteiger partial charge in [0.05, 0.1) is 11.3 Å². The number of hydrogen-bond acceptors (Lipinski definition) is 5. The van der Waals surface area contributed by atoms with Crippen molar-refractivity contribution in [3.63, 3.8) is 0 Å². The summed E-state index contributed by atoms with van der Waals surface area (Å²) in [5.74, 6) is 0.527. The zero-order chi connectivity index (χ0) is 13.3. The van der Waals surface area contributed by atoms with Crippen molar-refractivity contribution in [3.8, 4) is 11.8 Å². The van der Waals surface area contributed by atoms with E-state index in [1.807, 2.05) is 13.8 Å². The first-order valence-electron chi connectivity index (χ1n) is 5.29. The minimum Gasteiger partial charge on any atom is -0.422 e. The van der Waals surface area contributed by atoms with Gasteiger partial charge in [0.1, 0.15) is 17.1 Å². The van der Waals surface area contributed by atoms with Crippen LogP contribution in [0.1, 0.15) is 17.0 Å². The molecule has 2 aromatic rings. The Morgan fingerprint density at radius 1 is 1.44 bits per heavy atom. The minimum absolute atomic E-state index is 0.242. The molecule has 0 radical (unpaired) electrons. The predicted octanol–water partition coefficient (Wildman–Crippen LogP) is 1.25. The van der Waals surface area contributed by atoms with Gasteiger partial charge >= 0.3 is 6.01 Å². The van der Waals surface area contributed by atoms with E-state index in [2.05, 4.69) is 15.1 Å². The summed E-state index contributed by atoms with van der Waals surface area (Å²) in [6.07, 6.45) is 1.55. The fourth-order valence-electron chi connectivity index (χ4n) is 1.64. The lowest BCUT2D eigenvalue weighted by atomic mass is 10.1. The molecule has 2 aromatic heterocycles. The Hall–Kier alpha value is -2.02. The Labute approximate surface area is 110 Å². The summed E-state index contributed by atoms with van der Waals surface area (Å²) in [6.45, 7) is 3.70. The van der Waals surface area contributed by atoms with E-state index in [-0.39, 0.29) is 11.0 Å². The van der Waals surface area contributed by atoms with E-state index in [1.54, 1.807) is 24.1 Å². The standard InChI is InChI=1S/C11H13N5OS/c1-6-4-8(9(10(12)18)7(2)14-6)17-11-13-5-16(3)15-11/h4-5H,1-3H3,(H2,12,18). The van der Waals surface area contributed by atoms with Crippen molar-refractivity contribution in [2.75, 3.05) is 0 Å². The second-order valence-corrected chi connectivity index (χ2v) is 4.33. The monoisotopic (exact) mass is 263 g/mol. The maximum Gasteiger partial charge on any atom is 0.341 e. The zero-order valence-electron chi connectivity index (χ0n) is 10.3. The molecule has 0 bridgehead atoms. The molecule has 0 fully saturated rings. The molecule has 0 spiro atoms. The van der Waals surface area contributed by atoms with E-state index < -0.39 is 0 Å². The number of thiocarbonyl (C=S) groups is 1. The van der Waals surface area contributed by atoms with Crippen LogP contribution in [0.25, 0.3) is 0 Å². The molecule has 2 heterocycles. The van der Waals surface area contributed by atoms with Crippen molar-refractivity contribution < 1.29 is 4.74 Å². The van der Waals surface area contributed by atoms with Crippen molar-refractivity contribution in [2.45, 2.75) is 13.8 Å². The molecular weight excluding hydrogens is 250 g/mol. The highest BCUT2D eigenvalue weighted by Crippen LogP contribution is 2.25. The van der Waals surface area contributed by atoms with E-state index in [0.717, 1.165) is 11.4 Å². The maximum atomic E-state index is 5.69. The highest BCUT2D eigenvalue weighted by atomic mass is 32.1. The van der Waals surface area contributed by atoms with Crippen LogP contribution in [0.4, 0.5) is 0 Å². The third kappa shape index (κ3) is 2.45. The molecule has 7 heteroatoms. The Balaban J connectivity index is 2.45. The van der Waals surface area contributed by atoms with Gasteiger partial charge in [-0.1, -0.05) is 12.2 Å². The van der Waals surface area contributed by atoms with Crippen LogP contribution in [0, 0.1) is 13.8 Å². The van der Waals surface area contributed by atoms with Gasteiger partial charge < -0.3 is 10.5 Å². The number of ether oxygens (including phenoxy) is 1.